The van der Waals surface area contributed by atoms with E-state index in [0.717, 1.165) is 26.9 Å². The van der Waals surface area contributed by atoms with Crippen LogP contribution in [0.3, 0.4) is 0 Å². The number of furan rings is 1. The van der Waals surface area contributed by atoms with Crippen molar-refractivity contribution in [2.75, 3.05) is 14.1 Å². The van der Waals surface area contributed by atoms with E-state index in [9.17, 15) is 4.79 Å². The zero-order chi connectivity index (χ0) is 24.4. The molecule has 0 N–H and O–H groups in total. The van der Waals surface area contributed by atoms with Crippen molar-refractivity contribution >= 4 is 44.8 Å². The number of benzene rings is 3. The lowest BCUT2D eigenvalue weighted by Crippen LogP contribution is -2.07. The Bertz CT molecular complexity index is 1520. The van der Waals surface area contributed by atoms with E-state index in [-0.39, 0.29) is 11.5 Å². The van der Waals surface area contributed by atoms with Gasteiger partial charge in [0.15, 0.2) is 0 Å². The van der Waals surface area contributed by atoms with Crippen molar-refractivity contribution < 1.29 is 9.21 Å². The normalized spacial score (nSPS) is 11.3. The second-order valence-electron chi connectivity index (χ2n) is 8.29. The molecule has 0 aliphatic heterocycles. The smallest absolute Gasteiger partial charge is 0.230 e. The van der Waals surface area contributed by atoms with E-state index in [1.54, 1.807) is 18.5 Å². The number of carbonyl (C=O) groups is 1. The van der Waals surface area contributed by atoms with Gasteiger partial charge in [-0.3, -0.25) is 4.79 Å². The fraction of sp³-hybridized carbons (Fsp3) is 0.0690. The fourth-order valence-corrected chi connectivity index (χ4v) is 4.13. The molecule has 35 heavy (non-hydrogen) atoms. The summed E-state index contributed by atoms with van der Waals surface area (Å²) in [6.45, 7) is 0. The van der Waals surface area contributed by atoms with Gasteiger partial charge in [0.25, 0.3) is 0 Å². The number of aliphatic imine (C=N–C) groups is 1. The van der Waals surface area contributed by atoms with Crippen LogP contribution in [0.15, 0.2) is 105 Å². The number of halogens is 1. The molecule has 0 bridgehead atoms. The molecule has 0 saturated heterocycles. The largest absolute Gasteiger partial charge is 0.432 e. The Kier molecular flexibility index (Phi) is 6.29. The number of nitrogens with zero attached hydrogens (tertiary/aromatic N) is 3. The van der Waals surface area contributed by atoms with Gasteiger partial charge >= 0.3 is 0 Å². The number of ketones is 1. The zero-order valence-corrected chi connectivity index (χ0v) is 20.9. The van der Waals surface area contributed by atoms with Crippen LogP contribution >= 0.6 is 15.9 Å². The molecule has 0 saturated carbocycles. The van der Waals surface area contributed by atoms with Gasteiger partial charge in [-0.15, -0.1) is 0 Å². The van der Waals surface area contributed by atoms with Gasteiger partial charge in [-0.1, -0.05) is 76.6 Å². The minimum atomic E-state index is -0.248. The molecule has 0 aliphatic carbocycles. The summed E-state index contributed by atoms with van der Waals surface area (Å²) < 4.78 is 7.09. The van der Waals surface area contributed by atoms with E-state index in [2.05, 4.69) is 20.9 Å². The van der Waals surface area contributed by atoms with Gasteiger partial charge in [-0.25, -0.2) is 9.98 Å². The SMILES string of the molecule is CN(C)C=Nc1c(C(=O)c2ccc(Br)cc2)oc2nc(-c3ccccc3)cc(-c3ccccc3)c12. The van der Waals surface area contributed by atoms with E-state index in [4.69, 9.17) is 9.40 Å². The van der Waals surface area contributed by atoms with E-state index in [1.807, 2.05) is 97.9 Å². The lowest BCUT2D eigenvalue weighted by atomic mass is 9.99. The Morgan fingerprint density at radius 2 is 1.54 bits per heavy atom. The molecule has 0 amide bonds. The summed E-state index contributed by atoms with van der Waals surface area (Å²) in [4.78, 5) is 24.9. The van der Waals surface area contributed by atoms with Crippen LogP contribution in [0.4, 0.5) is 5.69 Å². The van der Waals surface area contributed by atoms with Crippen LogP contribution in [0.1, 0.15) is 16.1 Å². The molecule has 2 heterocycles. The minimum Gasteiger partial charge on any atom is -0.432 e. The Hall–Kier alpha value is -4.03. The van der Waals surface area contributed by atoms with Gasteiger partial charge in [-0.2, -0.15) is 0 Å². The van der Waals surface area contributed by atoms with Crippen LogP contribution in [0.25, 0.3) is 33.5 Å². The maximum atomic E-state index is 13.6. The van der Waals surface area contributed by atoms with Crippen molar-refractivity contribution in [2.24, 2.45) is 4.99 Å². The lowest BCUT2D eigenvalue weighted by Gasteiger charge is -2.08. The Labute approximate surface area is 211 Å². The van der Waals surface area contributed by atoms with Crippen molar-refractivity contribution in [3.63, 3.8) is 0 Å². The molecule has 0 radical (unpaired) electrons. The Morgan fingerprint density at radius 1 is 0.914 bits per heavy atom. The lowest BCUT2D eigenvalue weighted by molar-refractivity contribution is 0.101. The third-order valence-corrected chi connectivity index (χ3v) is 6.05. The summed E-state index contributed by atoms with van der Waals surface area (Å²) in [5.41, 5.74) is 4.96. The van der Waals surface area contributed by atoms with Crippen molar-refractivity contribution in [1.29, 1.82) is 0 Å². The van der Waals surface area contributed by atoms with Gasteiger partial charge in [0.2, 0.25) is 17.3 Å². The van der Waals surface area contributed by atoms with Crippen LogP contribution in [0.5, 0.6) is 0 Å². The predicted molar refractivity (Wildman–Crippen MR) is 144 cm³/mol. The first-order valence-electron chi connectivity index (χ1n) is 11.1. The number of hydrogen-bond donors (Lipinski definition) is 0. The third-order valence-electron chi connectivity index (χ3n) is 5.52. The van der Waals surface area contributed by atoms with Crippen molar-refractivity contribution in [2.45, 2.75) is 0 Å². The van der Waals surface area contributed by atoms with Crippen LogP contribution in [0.2, 0.25) is 0 Å². The Morgan fingerprint density at radius 3 is 2.17 bits per heavy atom. The summed E-state index contributed by atoms with van der Waals surface area (Å²) >= 11 is 3.43. The Balaban J connectivity index is 1.81. The van der Waals surface area contributed by atoms with Gasteiger partial charge in [0.1, 0.15) is 5.69 Å². The summed E-state index contributed by atoms with van der Waals surface area (Å²) in [6, 6.07) is 29.2. The molecule has 0 fully saturated rings. The highest BCUT2D eigenvalue weighted by molar-refractivity contribution is 9.10. The average molecular weight is 524 g/mol. The maximum Gasteiger partial charge on any atom is 0.230 e. The molecule has 0 atom stereocenters. The van der Waals surface area contributed by atoms with Crippen molar-refractivity contribution in [3.05, 3.63) is 107 Å². The molecule has 5 aromatic rings. The number of rotatable bonds is 6. The van der Waals surface area contributed by atoms with Gasteiger partial charge in [0.05, 0.1) is 17.4 Å². The molecule has 0 spiro atoms. The zero-order valence-electron chi connectivity index (χ0n) is 19.3. The monoisotopic (exact) mass is 523 g/mol. The molecule has 2 aromatic heterocycles. The number of aromatic nitrogens is 1. The minimum absolute atomic E-state index is 0.162. The second-order valence-corrected chi connectivity index (χ2v) is 9.21. The average Bonchev–Trinajstić information content (AvgIpc) is 3.26. The standard InChI is InChI=1S/C29H22BrN3O2/c1-33(2)18-31-26-25-23(19-9-5-3-6-10-19)17-24(20-11-7-4-8-12-20)32-29(25)35-28(26)27(34)21-13-15-22(30)16-14-21/h3-18H,1-2H3. The molecule has 0 aliphatic rings. The summed E-state index contributed by atoms with van der Waals surface area (Å²) in [5, 5.41) is 0.703. The van der Waals surface area contributed by atoms with E-state index < -0.39 is 0 Å². The summed E-state index contributed by atoms with van der Waals surface area (Å²) in [6.07, 6.45) is 1.67. The van der Waals surface area contributed by atoms with Crippen LogP contribution in [-0.4, -0.2) is 36.1 Å². The van der Waals surface area contributed by atoms with Crippen LogP contribution in [-0.2, 0) is 0 Å². The fourth-order valence-electron chi connectivity index (χ4n) is 3.87. The maximum absolute atomic E-state index is 13.6. The topological polar surface area (TPSA) is 58.7 Å². The highest BCUT2D eigenvalue weighted by Crippen LogP contribution is 2.42. The van der Waals surface area contributed by atoms with Gasteiger partial charge in [-0.05, 0) is 41.5 Å². The first-order chi connectivity index (χ1) is 17.0. The number of fused-ring (bicyclic) bond motifs is 1. The molecule has 6 heteroatoms. The molecular formula is C29H22BrN3O2. The van der Waals surface area contributed by atoms with Gasteiger partial charge < -0.3 is 9.32 Å². The second kappa shape index (κ2) is 9.68. The number of hydrogen-bond acceptors (Lipinski definition) is 4. The molecule has 0 unspecified atom stereocenters. The number of pyridine rings is 1. The van der Waals surface area contributed by atoms with E-state index in [0.29, 0.717) is 22.4 Å². The van der Waals surface area contributed by atoms with E-state index in [1.165, 1.54) is 0 Å². The molecule has 5 nitrogen and oxygen atoms in total. The molecule has 5 rings (SSSR count). The first kappa shape index (κ1) is 22.7. The third kappa shape index (κ3) is 4.66. The van der Waals surface area contributed by atoms with Gasteiger partial charge in [0, 0.05) is 29.7 Å². The highest BCUT2D eigenvalue weighted by Gasteiger charge is 2.26. The van der Waals surface area contributed by atoms with Crippen molar-refractivity contribution in [1.82, 2.24) is 9.88 Å². The highest BCUT2D eigenvalue weighted by atomic mass is 79.9. The van der Waals surface area contributed by atoms with Crippen molar-refractivity contribution in [3.8, 4) is 22.4 Å². The van der Waals surface area contributed by atoms with Crippen LogP contribution in [0, 0.1) is 0 Å². The molecular weight excluding hydrogens is 502 g/mol. The molecule has 172 valence electrons. The molecule has 3 aromatic carbocycles. The summed E-state index contributed by atoms with van der Waals surface area (Å²) in [5.74, 6) is -0.0861. The summed E-state index contributed by atoms with van der Waals surface area (Å²) in [7, 11) is 3.76. The quantitative estimate of drug-likeness (QED) is 0.132. The predicted octanol–water partition coefficient (Wildman–Crippen LogP) is 7.38. The van der Waals surface area contributed by atoms with Crippen LogP contribution < -0.4 is 0 Å². The number of carbonyl (C=O) groups excluding carboxylic acids is 1. The first-order valence-corrected chi connectivity index (χ1v) is 11.9. The van der Waals surface area contributed by atoms with E-state index >= 15 is 0 Å².